The molecule has 0 aromatic carbocycles. The van der Waals surface area contributed by atoms with Crippen LogP contribution >= 0.6 is 12.6 Å². The summed E-state index contributed by atoms with van der Waals surface area (Å²) in [5, 5.41) is 8.69. The van der Waals surface area contributed by atoms with Gasteiger partial charge in [-0.25, -0.2) is 0 Å². The summed E-state index contributed by atoms with van der Waals surface area (Å²) in [5.74, 6) is 1.74. The summed E-state index contributed by atoms with van der Waals surface area (Å²) in [5.41, 5.74) is 0. The predicted molar refractivity (Wildman–Crippen MR) is 64.5 cm³/mol. The van der Waals surface area contributed by atoms with Crippen LogP contribution in [0.3, 0.4) is 0 Å². The van der Waals surface area contributed by atoms with E-state index >= 15 is 0 Å². The first kappa shape index (κ1) is 13.8. The van der Waals surface area contributed by atoms with Crippen LogP contribution in [0.4, 0.5) is 0 Å². The van der Waals surface area contributed by atoms with Gasteiger partial charge in [-0.15, -0.1) is 0 Å². The lowest BCUT2D eigenvalue weighted by atomic mass is 10.1. The van der Waals surface area contributed by atoms with Gasteiger partial charge in [-0.2, -0.15) is 17.9 Å². The van der Waals surface area contributed by atoms with Gasteiger partial charge >= 0.3 is 0 Å². The second-order valence-corrected chi connectivity index (χ2v) is 4.45. The average molecular weight is 214 g/mol. The lowest BCUT2D eigenvalue weighted by molar-refractivity contribution is 0.264. The van der Waals surface area contributed by atoms with Gasteiger partial charge in [-0.05, 0) is 32.1 Å². The third kappa shape index (κ3) is 6.28. The highest BCUT2D eigenvalue weighted by atomic mass is 32.1. The standard InChI is InChI=1S/C11H22N2S/c1-4-5-11(9-14)8-13(3)7-10(2)6-12/h10-11,14H,4-5,7-9H2,1-3H3. The molecule has 0 heterocycles. The summed E-state index contributed by atoms with van der Waals surface area (Å²) in [7, 11) is 2.08. The normalized spacial score (nSPS) is 15.1. The molecule has 0 N–H and O–H groups in total. The number of rotatable bonds is 7. The maximum Gasteiger partial charge on any atom is 0.0666 e. The van der Waals surface area contributed by atoms with E-state index in [4.69, 9.17) is 5.26 Å². The minimum atomic E-state index is 0.127. The van der Waals surface area contributed by atoms with Crippen molar-refractivity contribution >= 4 is 12.6 Å². The lowest BCUT2D eigenvalue weighted by Gasteiger charge is -2.23. The minimum absolute atomic E-state index is 0.127. The number of hydrogen-bond acceptors (Lipinski definition) is 3. The summed E-state index contributed by atoms with van der Waals surface area (Å²) in [6.45, 7) is 6.09. The van der Waals surface area contributed by atoms with Crippen molar-refractivity contribution in [1.29, 1.82) is 5.26 Å². The van der Waals surface area contributed by atoms with Gasteiger partial charge in [0.05, 0.1) is 12.0 Å². The third-order valence-corrected chi connectivity index (χ3v) is 2.85. The first-order chi connectivity index (χ1) is 6.63. The van der Waals surface area contributed by atoms with E-state index in [9.17, 15) is 0 Å². The molecule has 0 aliphatic heterocycles. The summed E-state index contributed by atoms with van der Waals surface area (Å²) in [6.07, 6.45) is 2.45. The Labute approximate surface area is 93.7 Å². The molecule has 0 fully saturated rings. The van der Waals surface area contributed by atoms with Crippen LogP contribution in [0.5, 0.6) is 0 Å². The molecule has 2 atom stereocenters. The van der Waals surface area contributed by atoms with Gasteiger partial charge in [0, 0.05) is 13.1 Å². The Morgan fingerprint density at radius 2 is 2.07 bits per heavy atom. The Bertz CT molecular complexity index is 177. The zero-order valence-electron chi connectivity index (χ0n) is 9.53. The van der Waals surface area contributed by atoms with Crippen LogP contribution in [0.1, 0.15) is 26.7 Å². The number of nitriles is 1. The fraction of sp³-hybridized carbons (Fsp3) is 0.909. The van der Waals surface area contributed by atoms with Crippen LogP contribution < -0.4 is 0 Å². The van der Waals surface area contributed by atoms with Crippen molar-refractivity contribution in [3.05, 3.63) is 0 Å². The average Bonchev–Trinajstić information content (AvgIpc) is 2.16. The van der Waals surface area contributed by atoms with Crippen LogP contribution in [-0.2, 0) is 0 Å². The van der Waals surface area contributed by atoms with Crippen molar-refractivity contribution in [2.75, 3.05) is 25.9 Å². The molecule has 2 unspecified atom stereocenters. The summed E-state index contributed by atoms with van der Waals surface area (Å²) in [6, 6.07) is 2.26. The van der Waals surface area contributed by atoms with Crippen molar-refractivity contribution in [3.63, 3.8) is 0 Å². The van der Waals surface area contributed by atoms with Gasteiger partial charge in [-0.1, -0.05) is 13.3 Å². The van der Waals surface area contributed by atoms with Crippen molar-refractivity contribution in [2.45, 2.75) is 26.7 Å². The molecule has 0 amide bonds. The zero-order valence-corrected chi connectivity index (χ0v) is 10.4. The fourth-order valence-electron chi connectivity index (χ4n) is 1.67. The Hall–Kier alpha value is -0.200. The van der Waals surface area contributed by atoms with Crippen LogP contribution in [0.25, 0.3) is 0 Å². The molecular formula is C11H22N2S. The minimum Gasteiger partial charge on any atom is -0.305 e. The zero-order chi connectivity index (χ0) is 11.0. The summed E-state index contributed by atoms with van der Waals surface area (Å²) >= 11 is 4.35. The molecule has 0 bridgehead atoms. The molecule has 0 rings (SSSR count). The van der Waals surface area contributed by atoms with Gasteiger partial charge in [0.25, 0.3) is 0 Å². The second kappa shape index (κ2) is 8.14. The fourth-order valence-corrected chi connectivity index (χ4v) is 1.97. The van der Waals surface area contributed by atoms with Gasteiger partial charge in [0.1, 0.15) is 0 Å². The Kier molecular flexibility index (Phi) is 8.02. The van der Waals surface area contributed by atoms with Crippen molar-refractivity contribution < 1.29 is 0 Å². The SMILES string of the molecule is CCCC(CS)CN(C)CC(C)C#N. The smallest absolute Gasteiger partial charge is 0.0666 e. The van der Waals surface area contributed by atoms with Crippen molar-refractivity contribution in [3.8, 4) is 6.07 Å². The van der Waals surface area contributed by atoms with Crippen molar-refractivity contribution in [2.24, 2.45) is 11.8 Å². The summed E-state index contributed by atoms with van der Waals surface area (Å²) in [4.78, 5) is 2.24. The first-order valence-electron chi connectivity index (χ1n) is 5.33. The van der Waals surface area contributed by atoms with E-state index in [1.165, 1.54) is 12.8 Å². The van der Waals surface area contributed by atoms with Gasteiger partial charge < -0.3 is 4.90 Å². The highest BCUT2D eigenvalue weighted by molar-refractivity contribution is 7.80. The molecule has 14 heavy (non-hydrogen) atoms. The largest absolute Gasteiger partial charge is 0.305 e. The number of hydrogen-bond donors (Lipinski definition) is 1. The van der Waals surface area contributed by atoms with Gasteiger partial charge in [0.15, 0.2) is 0 Å². The van der Waals surface area contributed by atoms with Crippen LogP contribution in [0, 0.1) is 23.2 Å². The quantitative estimate of drug-likeness (QED) is 0.659. The molecule has 0 aliphatic rings. The maximum absolute atomic E-state index is 8.69. The maximum atomic E-state index is 8.69. The molecular weight excluding hydrogens is 192 g/mol. The van der Waals surface area contributed by atoms with E-state index in [1.807, 2.05) is 6.92 Å². The van der Waals surface area contributed by atoms with E-state index in [2.05, 4.69) is 37.6 Å². The van der Waals surface area contributed by atoms with Crippen molar-refractivity contribution in [1.82, 2.24) is 4.90 Å². The Balaban J connectivity index is 3.78. The molecule has 0 spiro atoms. The van der Waals surface area contributed by atoms with Crippen LogP contribution in [0.2, 0.25) is 0 Å². The summed E-state index contributed by atoms with van der Waals surface area (Å²) < 4.78 is 0. The molecule has 0 saturated heterocycles. The molecule has 2 nitrogen and oxygen atoms in total. The molecule has 82 valence electrons. The van der Waals surface area contributed by atoms with E-state index in [1.54, 1.807) is 0 Å². The second-order valence-electron chi connectivity index (χ2n) is 4.09. The Morgan fingerprint density at radius 1 is 1.43 bits per heavy atom. The molecule has 0 radical (unpaired) electrons. The van der Waals surface area contributed by atoms with Gasteiger partial charge in [0.2, 0.25) is 0 Å². The highest BCUT2D eigenvalue weighted by Crippen LogP contribution is 2.10. The first-order valence-corrected chi connectivity index (χ1v) is 5.96. The van der Waals surface area contributed by atoms with E-state index < -0.39 is 0 Å². The predicted octanol–water partition coefficient (Wildman–Crippen LogP) is 2.42. The van der Waals surface area contributed by atoms with Crippen LogP contribution in [0.15, 0.2) is 0 Å². The van der Waals surface area contributed by atoms with Gasteiger partial charge in [-0.3, -0.25) is 0 Å². The molecule has 0 aromatic rings. The monoisotopic (exact) mass is 214 g/mol. The van der Waals surface area contributed by atoms with E-state index in [0.29, 0.717) is 5.92 Å². The van der Waals surface area contributed by atoms with E-state index in [0.717, 1.165) is 18.8 Å². The molecule has 0 saturated carbocycles. The number of nitrogens with zero attached hydrogens (tertiary/aromatic N) is 2. The van der Waals surface area contributed by atoms with E-state index in [-0.39, 0.29) is 5.92 Å². The number of thiol groups is 1. The topological polar surface area (TPSA) is 27.0 Å². The molecule has 0 aromatic heterocycles. The third-order valence-electron chi connectivity index (χ3n) is 2.33. The van der Waals surface area contributed by atoms with Crippen LogP contribution in [-0.4, -0.2) is 30.8 Å². The molecule has 3 heteroatoms. The Morgan fingerprint density at radius 3 is 2.50 bits per heavy atom. The lowest BCUT2D eigenvalue weighted by Crippen LogP contribution is -2.30. The molecule has 0 aliphatic carbocycles. The highest BCUT2D eigenvalue weighted by Gasteiger charge is 2.11.